The molecule has 1 unspecified atom stereocenters. The SMILES string of the molecule is OB(O)C1=CC(Cl)(C(F)(F)F)CC=C1. The van der Waals surface area contributed by atoms with Gasteiger partial charge in [0.05, 0.1) is 0 Å². The Kier molecular flexibility index (Phi) is 2.99. The zero-order valence-corrected chi connectivity index (χ0v) is 7.68. The smallest absolute Gasteiger partial charge is 0.423 e. The molecule has 2 nitrogen and oxygen atoms in total. The average molecular weight is 226 g/mol. The van der Waals surface area contributed by atoms with Gasteiger partial charge in [0.25, 0.3) is 0 Å². The largest absolute Gasteiger partial charge is 0.488 e. The van der Waals surface area contributed by atoms with Gasteiger partial charge < -0.3 is 10.0 Å². The number of allylic oxidation sites excluding steroid dienone is 4. The van der Waals surface area contributed by atoms with Crippen LogP contribution in [0, 0.1) is 0 Å². The van der Waals surface area contributed by atoms with Gasteiger partial charge in [-0.1, -0.05) is 18.2 Å². The number of hydrogen-bond donors (Lipinski definition) is 2. The van der Waals surface area contributed by atoms with E-state index in [0.29, 0.717) is 6.08 Å². The van der Waals surface area contributed by atoms with Gasteiger partial charge in [0.15, 0.2) is 4.87 Å². The molecule has 0 amide bonds. The Morgan fingerprint density at radius 3 is 2.43 bits per heavy atom. The van der Waals surface area contributed by atoms with Crippen molar-refractivity contribution in [3.63, 3.8) is 0 Å². The summed E-state index contributed by atoms with van der Waals surface area (Å²) in [4.78, 5) is -2.53. The number of alkyl halides is 4. The first-order valence-electron chi connectivity index (χ1n) is 3.77. The summed E-state index contributed by atoms with van der Waals surface area (Å²) in [6, 6.07) is 0. The van der Waals surface area contributed by atoms with E-state index < -0.39 is 24.6 Å². The fraction of sp³-hybridized carbons (Fsp3) is 0.429. The van der Waals surface area contributed by atoms with Crippen LogP contribution in [0.15, 0.2) is 23.7 Å². The molecule has 78 valence electrons. The highest BCUT2D eigenvalue weighted by Gasteiger charge is 2.52. The summed E-state index contributed by atoms with van der Waals surface area (Å²) in [5.74, 6) is 0. The molecule has 1 atom stereocenters. The van der Waals surface area contributed by atoms with Crippen molar-refractivity contribution in [2.24, 2.45) is 0 Å². The predicted molar refractivity (Wildman–Crippen MR) is 46.7 cm³/mol. The van der Waals surface area contributed by atoms with E-state index >= 15 is 0 Å². The number of hydrogen-bond acceptors (Lipinski definition) is 2. The van der Waals surface area contributed by atoms with Crippen LogP contribution in [0.5, 0.6) is 0 Å². The Balaban J connectivity index is 3.00. The van der Waals surface area contributed by atoms with Crippen LogP contribution in [-0.2, 0) is 0 Å². The lowest BCUT2D eigenvalue weighted by Crippen LogP contribution is -2.39. The van der Waals surface area contributed by atoms with Gasteiger partial charge in [0, 0.05) is 0 Å². The summed E-state index contributed by atoms with van der Waals surface area (Å²) < 4.78 is 37.2. The summed E-state index contributed by atoms with van der Waals surface area (Å²) in [6.45, 7) is 0. The van der Waals surface area contributed by atoms with Crippen LogP contribution < -0.4 is 0 Å². The summed E-state index contributed by atoms with van der Waals surface area (Å²) in [7, 11) is -1.94. The zero-order valence-electron chi connectivity index (χ0n) is 6.92. The second-order valence-electron chi connectivity index (χ2n) is 2.98. The van der Waals surface area contributed by atoms with Gasteiger partial charge in [0.2, 0.25) is 0 Å². The lowest BCUT2D eigenvalue weighted by molar-refractivity contribution is -0.149. The van der Waals surface area contributed by atoms with E-state index in [-0.39, 0.29) is 5.47 Å². The minimum Gasteiger partial charge on any atom is -0.423 e. The number of rotatable bonds is 1. The highest BCUT2D eigenvalue weighted by atomic mass is 35.5. The third-order valence-corrected chi connectivity index (χ3v) is 2.37. The minimum absolute atomic E-state index is 0.247. The van der Waals surface area contributed by atoms with Crippen LogP contribution in [0.3, 0.4) is 0 Å². The molecule has 1 aliphatic rings. The van der Waals surface area contributed by atoms with E-state index in [2.05, 4.69) is 0 Å². The van der Waals surface area contributed by atoms with Crippen molar-refractivity contribution in [2.45, 2.75) is 17.5 Å². The van der Waals surface area contributed by atoms with E-state index in [1.165, 1.54) is 6.08 Å². The monoisotopic (exact) mass is 226 g/mol. The molecule has 2 N–H and O–H groups in total. The molecule has 0 heterocycles. The first-order valence-corrected chi connectivity index (χ1v) is 4.15. The Labute approximate surface area is 83.8 Å². The van der Waals surface area contributed by atoms with Crippen LogP contribution in [0.1, 0.15) is 6.42 Å². The molecule has 0 bridgehead atoms. The van der Waals surface area contributed by atoms with Crippen molar-refractivity contribution in [2.75, 3.05) is 0 Å². The molecule has 0 saturated heterocycles. The maximum absolute atomic E-state index is 12.4. The zero-order chi connectivity index (χ0) is 11.0. The fourth-order valence-electron chi connectivity index (χ4n) is 1.10. The molecule has 7 heteroatoms. The Morgan fingerprint density at radius 2 is 2.00 bits per heavy atom. The van der Waals surface area contributed by atoms with Crippen molar-refractivity contribution < 1.29 is 23.2 Å². The molecule has 0 fully saturated rings. The second-order valence-corrected chi connectivity index (χ2v) is 3.66. The van der Waals surface area contributed by atoms with Gasteiger partial charge >= 0.3 is 13.3 Å². The lowest BCUT2D eigenvalue weighted by atomic mass is 9.74. The lowest BCUT2D eigenvalue weighted by Gasteiger charge is -2.28. The summed E-state index contributed by atoms with van der Waals surface area (Å²) in [6.07, 6.45) is -2.03. The molecule has 1 aliphatic carbocycles. The molecular weight excluding hydrogens is 219 g/mol. The van der Waals surface area contributed by atoms with Crippen molar-refractivity contribution in [3.05, 3.63) is 23.7 Å². The Bertz CT molecular complexity index is 287. The molecule has 0 spiro atoms. The molecule has 0 radical (unpaired) electrons. The summed E-state index contributed by atoms with van der Waals surface area (Å²) in [5.41, 5.74) is -0.247. The molecule has 0 aliphatic heterocycles. The summed E-state index contributed by atoms with van der Waals surface area (Å²) in [5, 5.41) is 17.4. The first-order chi connectivity index (χ1) is 6.26. The predicted octanol–water partition coefficient (Wildman–Crippen LogP) is 1.42. The third-order valence-electron chi connectivity index (χ3n) is 1.89. The van der Waals surface area contributed by atoms with Gasteiger partial charge in [-0.3, -0.25) is 0 Å². The normalized spacial score (nSPS) is 27.4. The van der Waals surface area contributed by atoms with E-state index in [0.717, 1.165) is 6.08 Å². The first kappa shape index (κ1) is 11.6. The van der Waals surface area contributed by atoms with Crippen molar-refractivity contribution >= 4 is 18.7 Å². The maximum Gasteiger partial charge on any atom is 0.488 e. The topological polar surface area (TPSA) is 40.5 Å². The quantitative estimate of drug-likeness (QED) is 0.524. The van der Waals surface area contributed by atoms with Crippen LogP contribution in [-0.4, -0.2) is 28.2 Å². The molecular formula is C7H7BClF3O2. The van der Waals surface area contributed by atoms with E-state index in [4.69, 9.17) is 21.6 Å². The van der Waals surface area contributed by atoms with Crippen LogP contribution in [0.25, 0.3) is 0 Å². The standard InChI is InChI=1S/C7H7BClF3O2/c9-6(7(10,11)12)3-1-2-5(4-6)8(13)14/h1-2,4,13-14H,3H2. The highest BCUT2D eigenvalue weighted by molar-refractivity contribution is 6.52. The van der Waals surface area contributed by atoms with Crippen LogP contribution in [0.4, 0.5) is 13.2 Å². The Morgan fingerprint density at radius 1 is 1.43 bits per heavy atom. The van der Waals surface area contributed by atoms with Crippen LogP contribution in [0.2, 0.25) is 0 Å². The Hall–Kier alpha value is -0.455. The van der Waals surface area contributed by atoms with Crippen molar-refractivity contribution in [3.8, 4) is 0 Å². The molecule has 0 aromatic rings. The highest BCUT2D eigenvalue weighted by Crippen LogP contribution is 2.43. The molecule has 0 aromatic heterocycles. The maximum atomic E-state index is 12.4. The van der Waals surface area contributed by atoms with Crippen molar-refractivity contribution in [1.82, 2.24) is 0 Å². The fourth-order valence-corrected chi connectivity index (χ4v) is 1.31. The minimum atomic E-state index is -4.61. The second kappa shape index (κ2) is 3.60. The van der Waals surface area contributed by atoms with Gasteiger partial charge in [-0.2, -0.15) is 13.2 Å². The van der Waals surface area contributed by atoms with E-state index in [1.54, 1.807) is 0 Å². The molecule has 1 rings (SSSR count). The van der Waals surface area contributed by atoms with Crippen molar-refractivity contribution in [1.29, 1.82) is 0 Å². The van der Waals surface area contributed by atoms with E-state index in [9.17, 15) is 13.2 Å². The van der Waals surface area contributed by atoms with E-state index in [1.807, 2.05) is 0 Å². The average Bonchev–Trinajstić information content (AvgIpc) is 2.02. The number of halogens is 4. The molecule has 0 aromatic carbocycles. The molecule has 14 heavy (non-hydrogen) atoms. The van der Waals surface area contributed by atoms with Gasteiger partial charge in [-0.05, 0) is 11.9 Å². The van der Waals surface area contributed by atoms with Gasteiger partial charge in [-0.15, -0.1) is 11.6 Å². The summed E-state index contributed by atoms with van der Waals surface area (Å²) >= 11 is 5.32. The van der Waals surface area contributed by atoms with Crippen LogP contribution >= 0.6 is 11.6 Å². The third kappa shape index (κ3) is 2.13. The molecule has 0 saturated carbocycles. The van der Waals surface area contributed by atoms with Gasteiger partial charge in [0.1, 0.15) is 0 Å². The van der Waals surface area contributed by atoms with Gasteiger partial charge in [-0.25, -0.2) is 0 Å².